The van der Waals surface area contributed by atoms with E-state index in [0.29, 0.717) is 30.5 Å². The van der Waals surface area contributed by atoms with E-state index in [9.17, 15) is 9.59 Å². The van der Waals surface area contributed by atoms with Crippen LogP contribution in [0.1, 0.15) is 72.7 Å². The Labute approximate surface area is 195 Å². The molecular weight excluding hydrogens is 416 g/mol. The molecule has 176 valence electrons. The fourth-order valence-corrected chi connectivity index (χ4v) is 5.26. The van der Waals surface area contributed by atoms with Crippen molar-refractivity contribution in [3.8, 4) is 0 Å². The van der Waals surface area contributed by atoms with Crippen LogP contribution < -0.4 is 10.6 Å². The summed E-state index contributed by atoms with van der Waals surface area (Å²) in [4.78, 5) is 28.2. The van der Waals surface area contributed by atoms with Crippen molar-refractivity contribution in [1.82, 2.24) is 20.7 Å². The van der Waals surface area contributed by atoms with Gasteiger partial charge in [-0.05, 0) is 69.5 Å². The first-order chi connectivity index (χ1) is 16.2. The van der Waals surface area contributed by atoms with Crippen molar-refractivity contribution in [1.29, 1.82) is 0 Å². The van der Waals surface area contributed by atoms with Crippen molar-refractivity contribution in [2.45, 2.75) is 69.4 Å². The van der Waals surface area contributed by atoms with Gasteiger partial charge in [-0.25, -0.2) is 0 Å². The highest BCUT2D eigenvalue weighted by Crippen LogP contribution is 2.40. The van der Waals surface area contributed by atoms with Gasteiger partial charge in [0.15, 0.2) is 5.69 Å². The number of rotatable bonds is 7. The summed E-state index contributed by atoms with van der Waals surface area (Å²) in [5.41, 5.74) is 1.58. The Kier molecular flexibility index (Phi) is 6.76. The molecule has 2 amide bonds. The molecule has 1 aromatic heterocycles. The molecule has 1 saturated carbocycles. The van der Waals surface area contributed by atoms with Crippen LogP contribution in [0.4, 0.5) is 0 Å². The number of likely N-dealkylation sites (tertiary alicyclic amines) is 1. The summed E-state index contributed by atoms with van der Waals surface area (Å²) in [6.45, 7) is 2.69. The van der Waals surface area contributed by atoms with Crippen molar-refractivity contribution < 1.29 is 14.1 Å². The van der Waals surface area contributed by atoms with E-state index in [0.717, 1.165) is 63.8 Å². The van der Waals surface area contributed by atoms with Gasteiger partial charge in [0.2, 0.25) is 5.91 Å². The van der Waals surface area contributed by atoms with Gasteiger partial charge in [-0.1, -0.05) is 35.5 Å². The molecule has 2 saturated heterocycles. The predicted molar refractivity (Wildman–Crippen MR) is 125 cm³/mol. The van der Waals surface area contributed by atoms with Gasteiger partial charge in [-0.2, -0.15) is 0 Å². The van der Waals surface area contributed by atoms with Crippen LogP contribution in [0.15, 0.2) is 40.9 Å². The van der Waals surface area contributed by atoms with Crippen LogP contribution in [0.5, 0.6) is 0 Å². The summed E-state index contributed by atoms with van der Waals surface area (Å²) in [5, 5.41) is 10.5. The highest BCUT2D eigenvalue weighted by molar-refractivity contribution is 5.92. The molecule has 33 heavy (non-hydrogen) atoms. The maximum absolute atomic E-state index is 13.3. The van der Waals surface area contributed by atoms with E-state index in [1.807, 2.05) is 18.2 Å². The molecule has 0 bridgehead atoms. The number of carbonyl (C=O) groups is 2. The molecule has 2 aliphatic heterocycles. The van der Waals surface area contributed by atoms with Crippen LogP contribution >= 0.6 is 0 Å². The Morgan fingerprint density at radius 3 is 2.64 bits per heavy atom. The summed E-state index contributed by atoms with van der Waals surface area (Å²) in [6.07, 6.45) is 7.33. The highest BCUT2D eigenvalue weighted by Gasteiger charge is 2.34. The first kappa shape index (κ1) is 22.1. The zero-order valence-corrected chi connectivity index (χ0v) is 19.2. The Morgan fingerprint density at radius 2 is 1.88 bits per heavy atom. The van der Waals surface area contributed by atoms with Gasteiger partial charge in [0.05, 0.1) is 0 Å². The Morgan fingerprint density at radius 1 is 1.09 bits per heavy atom. The number of amides is 2. The van der Waals surface area contributed by atoms with Crippen LogP contribution in [0.25, 0.3) is 0 Å². The summed E-state index contributed by atoms with van der Waals surface area (Å²) >= 11 is 0. The minimum absolute atomic E-state index is 0.0233. The van der Waals surface area contributed by atoms with E-state index >= 15 is 0 Å². The molecule has 7 heteroatoms. The lowest BCUT2D eigenvalue weighted by Crippen LogP contribution is -2.53. The normalized spacial score (nSPS) is 23.9. The minimum Gasteiger partial charge on any atom is -0.360 e. The first-order valence-corrected chi connectivity index (χ1v) is 12.5. The number of nitrogens with zero attached hydrogens (tertiary/aromatic N) is 2. The molecular formula is C26H34N4O3. The van der Waals surface area contributed by atoms with Crippen LogP contribution in [-0.4, -0.2) is 53.6 Å². The summed E-state index contributed by atoms with van der Waals surface area (Å²) in [6, 6.07) is 12.2. The maximum atomic E-state index is 13.3. The van der Waals surface area contributed by atoms with Crippen molar-refractivity contribution in [2.75, 3.05) is 19.6 Å². The number of benzene rings is 1. The first-order valence-electron chi connectivity index (χ1n) is 12.5. The lowest BCUT2D eigenvalue weighted by Gasteiger charge is -2.40. The average molecular weight is 451 g/mol. The number of aromatic nitrogens is 1. The Hall–Kier alpha value is -2.67. The average Bonchev–Trinajstić information content (AvgIpc) is 3.56. The maximum Gasteiger partial charge on any atom is 0.273 e. The number of hydrogen-bond acceptors (Lipinski definition) is 5. The van der Waals surface area contributed by atoms with Crippen LogP contribution in [0, 0.1) is 5.92 Å². The Balaban J connectivity index is 1.24. The predicted octanol–water partition coefficient (Wildman–Crippen LogP) is 3.27. The number of piperidine rings is 2. The van der Waals surface area contributed by atoms with Gasteiger partial charge >= 0.3 is 0 Å². The largest absolute Gasteiger partial charge is 0.360 e. The van der Waals surface area contributed by atoms with Gasteiger partial charge in [0.1, 0.15) is 5.76 Å². The third-order valence-electron chi connectivity index (χ3n) is 7.35. The quantitative estimate of drug-likeness (QED) is 0.676. The summed E-state index contributed by atoms with van der Waals surface area (Å²) in [5.74, 6) is 1.81. The van der Waals surface area contributed by atoms with Gasteiger partial charge in [0.25, 0.3) is 5.91 Å². The molecule has 7 nitrogen and oxygen atoms in total. The standard InChI is InChI=1S/C26H34N4O3/c31-25(15-19-8-11-27-12-9-19)30-13-10-21(16-22(30)14-18-4-2-1-3-5-18)28-26(32)23-17-24(33-29-23)20-6-7-20/h1-5,17,19-22,27H,6-16H2,(H,28,32)/t21-,22+/m0/s1. The van der Waals surface area contributed by atoms with E-state index in [1.54, 1.807) is 6.07 Å². The fourth-order valence-electron chi connectivity index (χ4n) is 5.26. The van der Waals surface area contributed by atoms with E-state index in [-0.39, 0.29) is 23.9 Å². The van der Waals surface area contributed by atoms with Crippen LogP contribution in [-0.2, 0) is 11.2 Å². The van der Waals surface area contributed by atoms with Gasteiger partial charge in [0, 0.05) is 37.0 Å². The molecule has 1 aromatic carbocycles. The molecule has 0 radical (unpaired) electrons. The second-order valence-corrected chi connectivity index (χ2v) is 9.91. The summed E-state index contributed by atoms with van der Waals surface area (Å²) in [7, 11) is 0. The molecule has 5 rings (SSSR count). The monoisotopic (exact) mass is 450 g/mol. The number of carbonyl (C=O) groups excluding carboxylic acids is 2. The molecule has 3 heterocycles. The van der Waals surface area contributed by atoms with Gasteiger partial charge in [-0.15, -0.1) is 0 Å². The molecule has 0 unspecified atom stereocenters. The summed E-state index contributed by atoms with van der Waals surface area (Å²) < 4.78 is 5.35. The minimum atomic E-state index is -0.177. The van der Waals surface area contributed by atoms with E-state index < -0.39 is 0 Å². The lowest BCUT2D eigenvalue weighted by molar-refractivity contribution is -0.136. The third kappa shape index (κ3) is 5.64. The van der Waals surface area contributed by atoms with E-state index in [2.05, 4.69) is 32.8 Å². The second kappa shape index (κ2) is 10.1. The van der Waals surface area contributed by atoms with Gasteiger partial charge in [-0.3, -0.25) is 9.59 Å². The zero-order chi connectivity index (χ0) is 22.6. The van der Waals surface area contributed by atoms with Crippen molar-refractivity contribution in [3.05, 3.63) is 53.4 Å². The molecule has 2 aromatic rings. The van der Waals surface area contributed by atoms with Crippen LogP contribution in [0.2, 0.25) is 0 Å². The third-order valence-corrected chi connectivity index (χ3v) is 7.35. The zero-order valence-electron chi connectivity index (χ0n) is 19.2. The lowest BCUT2D eigenvalue weighted by atomic mass is 9.89. The van der Waals surface area contributed by atoms with Gasteiger partial charge < -0.3 is 20.1 Å². The van der Waals surface area contributed by atoms with E-state index in [4.69, 9.17) is 4.52 Å². The fraction of sp³-hybridized carbons (Fsp3) is 0.577. The molecule has 2 N–H and O–H groups in total. The molecule has 3 fully saturated rings. The van der Waals surface area contributed by atoms with Crippen molar-refractivity contribution in [2.24, 2.45) is 5.92 Å². The Bertz CT molecular complexity index is 949. The smallest absolute Gasteiger partial charge is 0.273 e. The number of nitrogens with one attached hydrogen (secondary N) is 2. The van der Waals surface area contributed by atoms with E-state index in [1.165, 1.54) is 5.56 Å². The number of hydrogen-bond donors (Lipinski definition) is 2. The SMILES string of the molecule is O=C(N[C@H]1CCN(C(=O)CC2CCNCC2)[C@H](Cc2ccccc2)C1)c1cc(C2CC2)on1. The molecule has 3 aliphatic rings. The molecule has 1 aliphatic carbocycles. The van der Waals surface area contributed by atoms with Crippen molar-refractivity contribution in [3.63, 3.8) is 0 Å². The second-order valence-electron chi connectivity index (χ2n) is 9.91. The van der Waals surface area contributed by atoms with Crippen molar-refractivity contribution >= 4 is 11.8 Å². The molecule has 2 atom stereocenters. The highest BCUT2D eigenvalue weighted by atomic mass is 16.5. The van der Waals surface area contributed by atoms with Crippen LogP contribution in [0.3, 0.4) is 0 Å². The molecule has 0 spiro atoms. The topological polar surface area (TPSA) is 87.5 Å².